The van der Waals surface area contributed by atoms with Crippen LogP contribution in [0.3, 0.4) is 0 Å². The summed E-state index contributed by atoms with van der Waals surface area (Å²) in [5.74, 6) is -0.141. The molecule has 0 radical (unpaired) electrons. The normalized spacial score (nSPS) is 17.2. The minimum absolute atomic E-state index is 0.266. The van der Waals surface area contributed by atoms with Gasteiger partial charge in [-0.1, -0.05) is 24.3 Å². The van der Waals surface area contributed by atoms with Gasteiger partial charge in [-0.15, -0.1) is 0 Å². The van der Waals surface area contributed by atoms with E-state index in [0.717, 1.165) is 11.1 Å². The zero-order valence-electron chi connectivity index (χ0n) is 14.7. The van der Waals surface area contributed by atoms with Crippen molar-refractivity contribution in [1.29, 1.82) is 0 Å². The van der Waals surface area contributed by atoms with Crippen LogP contribution in [0.4, 0.5) is 0 Å². The maximum absolute atomic E-state index is 12.9. The number of ether oxygens (including phenoxy) is 2. The molecule has 2 aromatic carbocycles. The average Bonchev–Trinajstić information content (AvgIpc) is 2.66. The summed E-state index contributed by atoms with van der Waals surface area (Å²) >= 11 is 0. The van der Waals surface area contributed by atoms with Gasteiger partial charge in [0.05, 0.1) is 7.11 Å². The molecule has 0 spiro atoms. The lowest BCUT2D eigenvalue weighted by atomic mass is 9.93. The van der Waals surface area contributed by atoms with Crippen LogP contribution in [-0.4, -0.2) is 41.1 Å². The smallest absolute Gasteiger partial charge is 0.326 e. The van der Waals surface area contributed by atoms with E-state index < -0.39 is 18.1 Å². The van der Waals surface area contributed by atoms with Gasteiger partial charge in [-0.05, 0) is 42.3 Å². The summed E-state index contributed by atoms with van der Waals surface area (Å²) in [7, 11) is 1.57. The van der Waals surface area contributed by atoms with Crippen LogP contribution in [0.15, 0.2) is 48.5 Å². The molecule has 0 aliphatic carbocycles. The van der Waals surface area contributed by atoms with Gasteiger partial charge in [-0.2, -0.15) is 0 Å². The predicted molar refractivity (Wildman–Crippen MR) is 95.2 cm³/mol. The third-order valence-corrected chi connectivity index (χ3v) is 4.54. The van der Waals surface area contributed by atoms with Crippen LogP contribution >= 0.6 is 0 Å². The summed E-state index contributed by atoms with van der Waals surface area (Å²) in [5, 5.41) is 9.56. The third kappa shape index (κ3) is 3.64. The zero-order valence-corrected chi connectivity index (χ0v) is 14.7. The van der Waals surface area contributed by atoms with E-state index in [1.165, 1.54) is 4.90 Å². The average molecular weight is 355 g/mol. The van der Waals surface area contributed by atoms with Gasteiger partial charge in [0, 0.05) is 13.0 Å². The van der Waals surface area contributed by atoms with Gasteiger partial charge in [-0.3, -0.25) is 4.79 Å². The van der Waals surface area contributed by atoms with E-state index in [-0.39, 0.29) is 12.5 Å². The second-order valence-corrected chi connectivity index (χ2v) is 6.23. The Labute approximate surface area is 152 Å². The predicted octanol–water partition coefficient (Wildman–Crippen LogP) is 2.50. The van der Waals surface area contributed by atoms with Gasteiger partial charge in [0.15, 0.2) is 6.10 Å². The minimum atomic E-state index is -1.01. The van der Waals surface area contributed by atoms with E-state index in [1.54, 1.807) is 38.3 Å². The van der Waals surface area contributed by atoms with Crippen LogP contribution in [0.5, 0.6) is 11.5 Å². The summed E-state index contributed by atoms with van der Waals surface area (Å²) in [5.41, 5.74) is 1.93. The van der Waals surface area contributed by atoms with Crippen molar-refractivity contribution < 1.29 is 24.2 Å². The maximum Gasteiger partial charge on any atom is 0.326 e. The number of carbonyl (C=O) groups is 2. The lowest BCUT2D eigenvalue weighted by Gasteiger charge is -2.35. The van der Waals surface area contributed by atoms with E-state index in [0.29, 0.717) is 17.9 Å². The molecule has 6 heteroatoms. The van der Waals surface area contributed by atoms with Gasteiger partial charge in [-0.25, -0.2) is 4.79 Å². The van der Waals surface area contributed by atoms with Gasteiger partial charge < -0.3 is 19.5 Å². The highest BCUT2D eigenvalue weighted by Gasteiger charge is 2.36. The highest BCUT2D eigenvalue weighted by atomic mass is 16.5. The van der Waals surface area contributed by atoms with E-state index in [2.05, 4.69) is 0 Å². The molecule has 136 valence electrons. The van der Waals surface area contributed by atoms with Crippen molar-refractivity contribution in [3.8, 4) is 11.5 Å². The molecule has 2 aromatic rings. The Kier molecular flexibility index (Phi) is 5.11. The van der Waals surface area contributed by atoms with E-state index in [1.807, 2.05) is 24.3 Å². The SMILES string of the molecule is COc1ccc(OC(C)C(=O)N2Cc3ccccc3CC2C(=O)O)cc1. The first-order valence-electron chi connectivity index (χ1n) is 8.40. The number of fused-ring (bicyclic) bond motifs is 1. The van der Waals surface area contributed by atoms with Crippen molar-refractivity contribution in [2.24, 2.45) is 0 Å². The molecule has 0 saturated carbocycles. The number of amides is 1. The second kappa shape index (κ2) is 7.47. The van der Waals surface area contributed by atoms with Gasteiger partial charge >= 0.3 is 5.97 Å². The largest absolute Gasteiger partial charge is 0.497 e. The number of carboxylic acids is 1. The van der Waals surface area contributed by atoms with Gasteiger partial charge in [0.1, 0.15) is 17.5 Å². The molecule has 1 heterocycles. The first-order chi connectivity index (χ1) is 12.5. The highest BCUT2D eigenvalue weighted by Crippen LogP contribution is 2.25. The molecule has 2 atom stereocenters. The standard InChI is InChI=1S/C20H21NO5/c1-13(26-17-9-7-16(25-2)8-10-17)19(22)21-12-15-6-4-3-5-14(15)11-18(21)20(23)24/h3-10,13,18H,11-12H2,1-2H3,(H,23,24). The molecule has 3 rings (SSSR count). The van der Waals surface area contributed by atoms with Crippen LogP contribution in [0.25, 0.3) is 0 Å². The Morgan fingerprint density at radius 3 is 2.31 bits per heavy atom. The molecule has 0 saturated heterocycles. The molecule has 0 fully saturated rings. The fraction of sp³-hybridized carbons (Fsp3) is 0.300. The third-order valence-electron chi connectivity index (χ3n) is 4.54. The zero-order chi connectivity index (χ0) is 18.7. The minimum Gasteiger partial charge on any atom is -0.497 e. The Morgan fingerprint density at radius 1 is 1.08 bits per heavy atom. The number of rotatable bonds is 5. The van der Waals surface area contributed by atoms with Crippen LogP contribution in [-0.2, 0) is 22.6 Å². The molecule has 1 aliphatic heterocycles. The second-order valence-electron chi connectivity index (χ2n) is 6.23. The topological polar surface area (TPSA) is 76.1 Å². The number of nitrogens with zero attached hydrogens (tertiary/aromatic N) is 1. The summed E-state index contributed by atoms with van der Waals surface area (Å²) < 4.78 is 10.8. The Hall–Kier alpha value is -3.02. The van der Waals surface area contributed by atoms with Crippen LogP contribution in [0, 0.1) is 0 Å². The Balaban J connectivity index is 1.76. The molecule has 0 aromatic heterocycles. The fourth-order valence-electron chi connectivity index (χ4n) is 3.12. The van der Waals surface area contributed by atoms with Crippen molar-refractivity contribution in [2.75, 3.05) is 7.11 Å². The summed E-state index contributed by atoms with van der Waals surface area (Å²) in [6.45, 7) is 1.90. The van der Waals surface area contributed by atoms with E-state index in [4.69, 9.17) is 9.47 Å². The Bertz CT molecular complexity index is 802. The number of aliphatic carboxylic acids is 1. The molecule has 0 bridgehead atoms. The summed E-state index contributed by atoms with van der Waals surface area (Å²) in [6.07, 6.45) is -0.498. The van der Waals surface area contributed by atoms with Crippen LogP contribution < -0.4 is 9.47 Å². The first-order valence-corrected chi connectivity index (χ1v) is 8.40. The van der Waals surface area contributed by atoms with Crippen LogP contribution in [0.2, 0.25) is 0 Å². The molecule has 26 heavy (non-hydrogen) atoms. The monoisotopic (exact) mass is 355 g/mol. The van der Waals surface area contributed by atoms with Crippen molar-refractivity contribution in [1.82, 2.24) is 4.90 Å². The lowest BCUT2D eigenvalue weighted by molar-refractivity contribution is -0.154. The first kappa shape index (κ1) is 17.8. The van der Waals surface area contributed by atoms with Crippen LogP contribution in [0.1, 0.15) is 18.1 Å². The van der Waals surface area contributed by atoms with Crippen molar-refractivity contribution in [3.63, 3.8) is 0 Å². The van der Waals surface area contributed by atoms with E-state index >= 15 is 0 Å². The van der Waals surface area contributed by atoms with Crippen molar-refractivity contribution >= 4 is 11.9 Å². The summed E-state index contributed by atoms with van der Waals surface area (Å²) in [4.78, 5) is 25.9. The van der Waals surface area contributed by atoms with Gasteiger partial charge in [0.25, 0.3) is 5.91 Å². The molecule has 1 N–H and O–H groups in total. The fourth-order valence-corrected chi connectivity index (χ4v) is 3.12. The maximum atomic E-state index is 12.9. The van der Waals surface area contributed by atoms with Gasteiger partial charge in [0.2, 0.25) is 0 Å². The number of carboxylic acid groups (broad SMARTS) is 1. The number of hydrogen-bond acceptors (Lipinski definition) is 4. The van der Waals surface area contributed by atoms with Crippen molar-refractivity contribution in [2.45, 2.75) is 32.0 Å². The van der Waals surface area contributed by atoms with Crippen molar-refractivity contribution in [3.05, 3.63) is 59.7 Å². The lowest BCUT2D eigenvalue weighted by Crippen LogP contribution is -2.52. The Morgan fingerprint density at radius 2 is 1.69 bits per heavy atom. The highest BCUT2D eigenvalue weighted by molar-refractivity contribution is 5.87. The number of benzene rings is 2. The molecule has 1 amide bonds. The number of carbonyl (C=O) groups excluding carboxylic acids is 1. The molecule has 2 unspecified atom stereocenters. The summed E-state index contributed by atoms with van der Waals surface area (Å²) in [6, 6.07) is 13.6. The number of hydrogen-bond donors (Lipinski definition) is 1. The van der Waals surface area contributed by atoms with E-state index in [9.17, 15) is 14.7 Å². The molecule has 6 nitrogen and oxygen atoms in total. The molecular weight excluding hydrogens is 334 g/mol. The molecule has 1 aliphatic rings. The quantitative estimate of drug-likeness (QED) is 0.892. The number of methoxy groups -OCH3 is 1. The molecular formula is C20H21NO5.